The van der Waals surface area contributed by atoms with E-state index in [-0.39, 0.29) is 11.7 Å². The van der Waals surface area contributed by atoms with Gasteiger partial charge in [-0.15, -0.1) is 0 Å². The Hall–Kier alpha value is -3.82. The second-order valence-electron chi connectivity index (χ2n) is 7.90. The van der Waals surface area contributed by atoms with Gasteiger partial charge in [0.1, 0.15) is 0 Å². The fraction of sp³-hybridized carbons (Fsp3) is 0.231. The molecule has 0 bridgehead atoms. The predicted molar refractivity (Wildman–Crippen MR) is 121 cm³/mol. The highest BCUT2D eigenvalue weighted by Crippen LogP contribution is 2.32. The van der Waals surface area contributed by atoms with E-state index in [1.807, 2.05) is 24.3 Å². The summed E-state index contributed by atoms with van der Waals surface area (Å²) in [5, 5.41) is 22.1. The van der Waals surface area contributed by atoms with Crippen molar-refractivity contribution in [2.75, 3.05) is 13.7 Å². The molecule has 0 unspecified atom stereocenters. The van der Waals surface area contributed by atoms with E-state index in [0.29, 0.717) is 23.4 Å². The number of nitrogens with one attached hydrogen (secondary N) is 1. The van der Waals surface area contributed by atoms with Crippen molar-refractivity contribution in [3.63, 3.8) is 0 Å². The van der Waals surface area contributed by atoms with Crippen LogP contribution in [0.1, 0.15) is 38.2 Å². The van der Waals surface area contributed by atoms with Gasteiger partial charge in [0, 0.05) is 31.7 Å². The summed E-state index contributed by atoms with van der Waals surface area (Å²) in [6.07, 6.45) is 0.889. The number of phenols is 1. The minimum Gasteiger partial charge on any atom is -0.504 e. The number of rotatable bonds is 6. The number of carbonyl (C=O) groups excluding carboxylic acids is 1. The fourth-order valence-electron chi connectivity index (χ4n) is 4.06. The largest absolute Gasteiger partial charge is 0.504 e. The molecule has 0 saturated heterocycles. The average Bonchev–Trinajstić information content (AvgIpc) is 2.82. The van der Waals surface area contributed by atoms with Gasteiger partial charge in [-0.25, -0.2) is 0 Å². The SMILES string of the molecule is COc1cc2c(cc1O)CN(Cc1ccccc1CNC(=O)c1cccc(C#N)c1)CC2. The molecular formula is C26H25N3O3. The van der Waals surface area contributed by atoms with Crippen LogP contribution in [0.4, 0.5) is 0 Å². The fourth-order valence-corrected chi connectivity index (χ4v) is 4.06. The third-order valence-electron chi connectivity index (χ3n) is 5.80. The number of hydrogen-bond acceptors (Lipinski definition) is 5. The van der Waals surface area contributed by atoms with Crippen molar-refractivity contribution in [1.29, 1.82) is 5.26 Å². The van der Waals surface area contributed by atoms with E-state index >= 15 is 0 Å². The Bertz CT molecular complexity index is 1180. The van der Waals surface area contributed by atoms with Crippen molar-refractivity contribution in [2.24, 2.45) is 0 Å². The van der Waals surface area contributed by atoms with E-state index in [0.717, 1.165) is 42.7 Å². The summed E-state index contributed by atoms with van der Waals surface area (Å²) in [5.74, 6) is 0.475. The number of hydrogen-bond donors (Lipinski definition) is 2. The first-order valence-electron chi connectivity index (χ1n) is 10.5. The molecule has 3 aromatic rings. The Morgan fingerprint density at radius 3 is 2.72 bits per heavy atom. The smallest absolute Gasteiger partial charge is 0.251 e. The van der Waals surface area contributed by atoms with Crippen LogP contribution >= 0.6 is 0 Å². The normalized spacial score (nSPS) is 13.1. The maximum absolute atomic E-state index is 12.5. The van der Waals surface area contributed by atoms with Crippen LogP contribution in [-0.4, -0.2) is 29.6 Å². The lowest BCUT2D eigenvalue weighted by Gasteiger charge is -2.30. The first-order valence-corrected chi connectivity index (χ1v) is 10.5. The molecule has 32 heavy (non-hydrogen) atoms. The van der Waals surface area contributed by atoms with E-state index in [4.69, 9.17) is 10.00 Å². The summed E-state index contributed by atoms with van der Waals surface area (Å²) in [6.45, 7) is 2.81. The van der Waals surface area contributed by atoms with Crippen molar-refractivity contribution in [3.05, 3.63) is 94.0 Å². The third kappa shape index (κ3) is 4.74. The summed E-state index contributed by atoms with van der Waals surface area (Å²) in [4.78, 5) is 14.9. The molecule has 0 fully saturated rings. The van der Waals surface area contributed by atoms with Crippen LogP contribution in [0.2, 0.25) is 0 Å². The first-order chi connectivity index (χ1) is 15.6. The van der Waals surface area contributed by atoms with E-state index in [9.17, 15) is 9.90 Å². The lowest BCUT2D eigenvalue weighted by atomic mass is 9.97. The van der Waals surface area contributed by atoms with Gasteiger partial charge in [0.15, 0.2) is 11.5 Å². The molecule has 3 aromatic carbocycles. The van der Waals surface area contributed by atoms with Gasteiger partial charge in [0.2, 0.25) is 0 Å². The number of amides is 1. The van der Waals surface area contributed by atoms with Crippen LogP contribution in [-0.2, 0) is 26.1 Å². The van der Waals surface area contributed by atoms with E-state index in [1.165, 1.54) is 5.56 Å². The lowest BCUT2D eigenvalue weighted by Crippen LogP contribution is -2.31. The molecule has 1 amide bonds. The molecule has 0 aromatic heterocycles. The molecule has 1 aliphatic heterocycles. The molecule has 0 saturated carbocycles. The number of benzene rings is 3. The van der Waals surface area contributed by atoms with Crippen molar-refractivity contribution in [2.45, 2.75) is 26.1 Å². The molecule has 1 aliphatic rings. The van der Waals surface area contributed by atoms with Gasteiger partial charge >= 0.3 is 0 Å². The zero-order valence-corrected chi connectivity index (χ0v) is 18.0. The third-order valence-corrected chi connectivity index (χ3v) is 5.80. The monoisotopic (exact) mass is 427 g/mol. The van der Waals surface area contributed by atoms with Gasteiger partial charge < -0.3 is 15.2 Å². The number of nitriles is 1. The highest BCUT2D eigenvalue weighted by molar-refractivity contribution is 5.94. The molecule has 0 radical (unpaired) electrons. The average molecular weight is 428 g/mol. The standard InChI is InChI=1S/C26H25N3O3/c1-32-25-13-19-9-10-29(17-23(19)12-24(25)30)16-22-7-3-2-6-21(22)15-28-26(31)20-8-4-5-18(11-20)14-27/h2-8,11-13,30H,9-10,15-17H2,1H3,(H,28,31). The summed E-state index contributed by atoms with van der Waals surface area (Å²) < 4.78 is 5.23. The number of ether oxygens (including phenoxy) is 1. The van der Waals surface area contributed by atoms with Gasteiger partial charge in [-0.3, -0.25) is 9.69 Å². The first kappa shape index (κ1) is 21.4. The second-order valence-corrected chi connectivity index (χ2v) is 7.90. The van der Waals surface area contributed by atoms with Crippen molar-refractivity contribution in [3.8, 4) is 17.6 Å². The van der Waals surface area contributed by atoms with Crippen LogP contribution < -0.4 is 10.1 Å². The Kier molecular flexibility index (Phi) is 6.39. The quantitative estimate of drug-likeness (QED) is 0.626. The number of fused-ring (bicyclic) bond motifs is 1. The summed E-state index contributed by atoms with van der Waals surface area (Å²) in [7, 11) is 1.56. The summed E-state index contributed by atoms with van der Waals surface area (Å²) in [5.41, 5.74) is 5.46. The van der Waals surface area contributed by atoms with Crippen LogP contribution in [0, 0.1) is 11.3 Å². The Morgan fingerprint density at radius 2 is 1.94 bits per heavy atom. The molecule has 1 heterocycles. The van der Waals surface area contributed by atoms with Crippen molar-refractivity contribution >= 4 is 5.91 Å². The molecule has 6 heteroatoms. The molecule has 6 nitrogen and oxygen atoms in total. The summed E-state index contributed by atoms with van der Waals surface area (Å²) in [6, 6.07) is 20.5. The molecule has 0 atom stereocenters. The number of methoxy groups -OCH3 is 1. The number of phenolic OH excluding ortho intramolecular Hbond substituents is 1. The minimum absolute atomic E-state index is 0.164. The summed E-state index contributed by atoms with van der Waals surface area (Å²) >= 11 is 0. The Morgan fingerprint density at radius 1 is 1.12 bits per heavy atom. The van der Waals surface area contributed by atoms with Crippen LogP contribution in [0.15, 0.2) is 60.7 Å². The van der Waals surface area contributed by atoms with Crippen molar-refractivity contribution < 1.29 is 14.6 Å². The molecule has 162 valence electrons. The number of carbonyl (C=O) groups is 1. The zero-order valence-electron chi connectivity index (χ0n) is 18.0. The van der Waals surface area contributed by atoms with Gasteiger partial charge in [-0.2, -0.15) is 5.26 Å². The van der Waals surface area contributed by atoms with Gasteiger partial charge in [0.05, 0.1) is 18.7 Å². The van der Waals surface area contributed by atoms with Gasteiger partial charge in [-0.05, 0) is 59.0 Å². The number of nitrogens with zero attached hydrogens (tertiary/aromatic N) is 2. The predicted octanol–water partition coefficient (Wildman–Crippen LogP) is 3.76. The van der Waals surface area contributed by atoms with Crippen LogP contribution in [0.5, 0.6) is 11.5 Å². The molecule has 0 spiro atoms. The Balaban J connectivity index is 1.43. The maximum Gasteiger partial charge on any atom is 0.251 e. The maximum atomic E-state index is 12.5. The second kappa shape index (κ2) is 9.54. The zero-order chi connectivity index (χ0) is 22.5. The van der Waals surface area contributed by atoms with E-state index in [2.05, 4.69) is 22.4 Å². The lowest BCUT2D eigenvalue weighted by molar-refractivity contribution is 0.0950. The molecule has 0 aliphatic carbocycles. The minimum atomic E-state index is -0.201. The Labute approximate surface area is 187 Å². The van der Waals surface area contributed by atoms with Crippen LogP contribution in [0.25, 0.3) is 0 Å². The van der Waals surface area contributed by atoms with Crippen LogP contribution in [0.3, 0.4) is 0 Å². The molecule has 2 N–H and O–H groups in total. The number of aromatic hydroxyl groups is 1. The topological polar surface area (TPSA) is 85.6 Å². The van der Waals surface area contributed by atoms with Crippen molar-refractivity contribution in [1.82, 2.24) is 10.2 Å². The highest BCUT2D eigenvalue weighted by Gasteiger charge is 2.20. The van der Waals surface area contributed by atoms with E-state index < -0.39 is 0 Å². The van der Waals surface area contributed by atoms with Gasteiger partial charge in [0.25, 0.3) is 5.91 Å². The highest BCUT2D eigenvalue weighted by atomic mass is 16.5. The molecule has 4 rings (SSSR count). The van der Waals surface area contributed by atoms with Gasteiger partial charge in [-0.1, -0.05) is 30.3 Å². The molecular weight excluding hydrogens is 402 g/mol. The van der Waals surface area contributed by atoms with E-state index in [1.54, 1.807) is 37.4 Å².